The third-order valence-corrected chi connectivity index (χ3v) is 2.34. The number of rotatable bonds is 0. The van der Waals surface area contributed by atoms with E-state index in [9.17, 15) is 0 Å². The van der Waals surface area contributed by atoms with Gasteiger partial charge in [-0.15, -0.1) is 0 Å². The Hall–Kier alpha value is -0.900. The summed E-state index contributed by atoms with van der Waals surface area (Å²) in [6, 6.07) is 0. The fraction of sp³-hybridized carbons (Fsp3) is 0.333. The van der Waals surface area contributed by atoms with Crippen LogP contribution in [0.3, 0.4) is 0 Å². The van der Waals surface area contributed by atoms with Crippen LogP contribution in [0.2, 0.25) is 0 Å². The lowest BCUT2D eigenvalue weighted by Crippen LogP contribution is -1.88. The highest BCUT2D eigenvalue weighted by atomic mass is 32.1. The zero-order valence-corrected chi connectivity index (χ0v) is 6.19. The summed E-state index contributed by atoms with van der Waals surface area (Å²) >= 11 is 1.54. The third-order valence-electron chi connectivity index (χ3n) is 1.41. The molecule has 0 aromatic carbocycles. The van der Waals surface area contributed by atoms with E-state index < -0.39 is 0 Å². The molecule has 2 N–H and O–H groups in total. The van der Waals surface area contributed by atoms with Gasteiger partial charge in [0.25, 0.3) is 0 Å². The summed E-state index contributed by atoms with van der Waals surface area (Å²) in [6.07, 6.45) is 3.96. The Labute approximate surface area is 62.6 Å². The van der Waals surface area contributed by atoms with Crippen LogP contribution in [0.15, 0.2) is 4.99 Å². The van der Waals surface area contributed by atoms with Crippen molar-refractivity contribution in [1.82, 2.24) is 4.98 Å². The maximum atomic E-state index is 5.49. The zero-order valence-electron chi connectivity index (χ0n) is 5.37. The minimum atomic E-state index is 0.629. The monoisotopic (exact) mass is 153 g/mol. The minimum Gasteiger partial charge on any atom is -0.375 e. The van der Waals surface area contributed by atoms with E-state index in [4.69, 9.17) is 5.73 Å². The van der Waals surface area contributed by atoms with E-state index in [2.05, 4.69) is 9.98 Å². The SMILES string of the molecule is Nc1nc2c(s1)CCC=N2. The standard InChI is InChI=1S/C6H7N3S/c7-6-9-5-4(10-6)2-1-3-8-5/h3H,1-2H2,(H2,7,9). The van der Waals surface area contributed by atoms with E-state index in [0.717, 1.165) is 18.7 Å². The van der Waals surface area contributed by atoms with Crippen molar-refractivity contribution in [2.45, 2.75) is 12.8 Å². The van der Waals surface area contributed by atoms with Crippen molar-refractivity contribution in [1.29, 1.82) is 0 Å². The number of nitrogen functional groups attached to an aromatic ring is 1. The first-order valence-electron chi connectivity index (χ1n) is 3.14. The molecule has 0 atom stereocenters. The smallest absolute Gasteiger partial charge is 0.182 e. The number of aromatic nitrogens is 1. The molecule has 10 heavy (non-hydrogen) atoms. The number of hydrogen-bond donors (Lipinski definition) is 1. The zero-order chi connectivity index (χ0) is 6.97. The molecule has 0 bridgehead atoms. The summed E-state index contributed by atoms with van der Waals surface area (Å²) in [5.41, 5.74) is 5.49. The molecule has 2 rings (SSSR count). The topological polar surface area (TPSA) is 51.3 Å². The molecule has 0 aliphatic carbocycles. The van der Waals surface area contributed by atoms with Gasteiger partial charge >= 0.3 is 0 Å². The second-order valence-corrected chi connectivity index (χ2v) is 3.26. The Morgan fingerprint density at radius 3 is 3.30 bits per heavy atom. The van der Waals surface area contributed by atoms with E-state index in [0.29, 0.717) is 5.13 Å². The predicted molar refractivity (Wildman–Crippen MR) is 43.0 cm³/mol. The lowest BCUT2D eigenvalue weighted by atomic mass is 10.2. The quantitative estimate of drug-likeness (QED) is 0.612. The Kier molecular flexibility index (Phi) is 1.20. The van der Waals surface area contributed by atoms with Crippen LogP contribution in [-0.4, -0.2) is 11.2 Å². The first-order valence-corrected chi connectivity index (χ1v) is 3.95. The maximum absolute atomic E-state index is 5.49. The van der Waals surface area contributed by atoms with Crippen LogP contribution in [-0.2, 0) is 6.42 Å². The van der Waals surface area contributed by atoms with Gasteiger partial charge in [0.15, 0.2) is 10.9 Å². The molecular weight excluding hydrogens is 146 g/mol. The number of anilines is 1. The number of nitrogens with zero attached hydrogens (tertiary/aromatic N) is 2. The van der Waals surface area contributed by atoms with Gasteiger partial charge in [0.1, 0.15) is 0 Å². The molecule has 1 aromatic heterocycles. The molecule has 1 aromatic rings. The van der Waals surface area contributed by atoms with E-state index in [1.807, 2.05) is 6.21 Å². The van der Waals surface area contributed by atoms with Crippen LogP contribution in [0.5, 0.6) is 0 Å². The summed E-state index contributed by atoms with van der Waals surface area (Å²) in [4.78, 5) is 9.38. The molecule has 0 spiro atoms. The summed E-state index contributed by atoms with van der Waals surface area (Å²) in [5.74, 6) is 0.828. The van der Waals surface area contributed by atoms with Crippen LogP contribution in [0.4, 0.5) is 10.9 Å². The lowest BCUT2D eigenvalue weighted by molar-refractivity contribution is 1.04. The number of fused-ring (bicyclic) bond motifs is 1. The highest BCUT2D eigenvalue weighted by Crippen LogP contribution is 2.30. The van der Waals surface area contributed by atoms with Crippen LogP contribution < -0.4 is 5.73 Å². The van der Waals surface area contributed by atoms with Gasteiger partial charge in [0, 0.05) is 6.21 Å². The molecular formula is C6H7N3S. The number of aliphatic imine (C=N–C) groups is 1. The Balaban J connectivity index is 2.53. The molecule has 52 valence electrons. The Bertz CT molecular complexity index is 277. The Morgan fingerprint density at radius 2 is 2.50 bits per heavy atom. The molecule has 2 heterocycles. The molecule has 0 saturated heterocycles. The Morgan fingerprint density at radius 1 is 1.60 bits per heavy atom. The van der Waals surface area contributed by atoms with Gasteiger partial charge in [-0.05, 0) is 12.8 Å². The van der Waals surface area contributed by atoms with Crippen LogP contribution in [0, 0.1) is 0 Å². The molecule has 0 amide bonds. The van der Waals surface area contributed by atoms with Crippen molar-refractivity contribution in [2.24, 2.45) is 4.99 Å². The van der Waals surface area contributed by atoms with Crippen LogP contribution in [0.25, 0.3) is 0 Å². The predicted octanol–water partition coefficient (Wildman–Crippen LogP) is 1.37. The number of hydrogen-bond acceptors (Lipinski definition) is 4. The molecule has 1 aliphatic rings. The normalized spacial score (nSPS) is 15.2. The van der Waals surface area contributed by atoms with Gasteiger partial charge in [0.05, 0.1) is 4.88 Å². The minimum absolute atomic E-state index is 0.629. The average Bonchev–Trinajstić information content (AvgIpc) is 2.27. The summed E-state index contributed by atoms with van der Waals surface area (Å²) in [6.45, 7) is 0. The average molecular weight is 153 g/mol. The van der Waals surface area contributed by atoms with Crippen molar-refractivity contribution >= 4 is 28.5 Å². The van der Waals surface area contributed by atoms with Gasteiger partial charge in [-0.25, -0.2) is 9.98 Å². The van der Waals surface area contributed by atoms with Crippen molar-refractivity contribution in [3.63, 3.8) is 0 Å². The molecule has 3 nitrogen and oxygen atoms in total. The molecule has 1 aliphatic heterocycles. The van der Waals surface area contributed by atoms with Gasteiger partial charge < -0.3 is 5.73 Å². The van der Waals surface area contributed by atoms with Crippen LogP contribution in [0.1, 0.15) is 11.3 Å². The van der Waals surface area contributed by atoms with Gasteiger partial charge in [0.2, 0.25) is 0 Å². The molecule has 0 saturated carbocycles. The van der Waals surface area contributed by atoms with E-state index in [1.165, 1.54) is 4.88 Å². The fourth-order valence-corrected chi connectivity index (χ4v) is 1.77. The molecule has 0 unspecified atom stereocenters. The molecule has 0 fully saturated rings. The third kappa shape index (κ3) is 0.806. The maximum Gasteiger partial charge on any atom is 0.182 e. The highest BCUT2D eigenvalue weighted by Gasteiger charge is 2.09. The summed E-state index contributed by atoms with van der Waals surface area (Å²) in [7, 11) is 0. The number of nitrogens with two attached hydrogens (primary N) is 1. The van der Waals surface area contributed by atoms with Crippen molar-refractivity contribution in [2.75, 3.05) is 5.73 Å². The second-order valence-electron chi connectivity index (χ2n) is 2.15. The first kappa shape index (κ1) is 5.85. The van der Waals surface area contributed by atoms with E-state index in [1.54, 1.807) is 11.3 Å². The van der Waals surface area contributed by atoms with Gasteiger partial charge in [-0.2, -0.15) is 0 Å². The molecule has 4 heteroatoms. The van der Waals surface area contributed by atoms with Crippen molar-refractivity contribution in [3.05, 3.63) is 4.88 Å². The number of aryl methyl sites for hydroxylation is 1. The summed E-state index contributed by atoms with van der Waals surface area (Å²) < 4.78 is 0. The van der Waals surface area contributed by atoms with Crippen molar-refractivity contribution < 1.29 is 0 Å². The second kappa shape index (κ2) is 2.05. The largest absolute Gasteiger partial charge is 0.375 e. The van der Waals surface area contributed by atoms with Gasteiger partial charge in [-0.1, -0.05) is 11.3 Å². The summed E-state index contributed by atoms with van der Waals surface area (Å²) in [5, 5.41) is 0.629. The number of thiazole rings is 1. The fourth-order valence-electron chi connectivity index (χ4n) is 0.972. The first-order chi connectivity index (χ1) is 4.86. The van der Waals surface area contributed by atoms with Crippen molar-refractivity contribution in [3.8, 4) is 0 Å². The van der Waals surface area contributed by atoms with Crippen LogP contribution >= 0.6 is 11.3 Å². The van der Waals surface area contributed by atoms with E-state index >= 15 is 0 Å². The highest BCUT2D eigenvalue weighted by molar-refractivity contribution is 7.15. The lowest BCUT2D eigenvalue weighted by Gasteiger charge is -1.98. The molecule has 0 radical (unpaired) electrons. The van der Waals surface area contributed by atoms with Gasteiger partial charge in [-0.3, -0.25) is 0 Å². The van der Waals surface area contributed by atoms with E-state index in [-0.39, 0.29) is 0 Å².